The maximum Gasteiger partial charge on any atom is 0.340 e. The van der Waals surface area contributed by atoms with Crippen LogP contribution in [0.1, 0.15) is 29.5 Å². The number of benzene rings is 2. The van der Waals surface area contributed by atoms with Gasteiger partial charge in [-0.15, -0.1) is 0 Å². The van der Waals surface area contributed by atoms with Gasteiger partial charge in [0, 0.05) is 30.2 Å². The van der Waals surface area contributed by atoms with Gasteiger partial charge in [-0.1, -0.05) is 23.7 Å². The zero-order chi connectivity index (χ0) is 22.3. The summed E-state index contributed by atoms with van der Waals surface area (Å²) in [4.78, 5) is 27.0. The number of likely N-dealkylation sites (tertiary alicyclic amines) is 1. The molecule has 0 unspecified atom stereocenters. The Labute approximate surface area is 183 Å². The topological polar surface area (TPSA) is 111 Å². The van der Waals surface area contributed by atoms with Gasteiger partial charge in [-0.25, -0.2) is 4.79 Å². The second-order valence-electron chi connectivity index (χ2n) is 7.93. The highest BCUT2D eigenvalue weighted by atomic mass is 35.5. The molecule has 1 aromatic heterocycles. The number of halogens is 1. The van der Waals surface area contributed by atoms with Gasteiger partial charge in [-0.05, 0) is 43.0 Å². The number of carbonyl (C=O) groups excluding carboxylic acids is 1. The first-order valence-corrected chi connectivity index (χ1v) is 10.3. The van der Waals surface area contributed by atoms with Crippen LogP contribution in [0, 0.1) is 6.92 Å². The Bertz CT molecular complexity index is 1210. The number of hydrogen-bond donors (Lipinski definition) is 3. The van der Waals surface area contributed by atoms with Crippen molar-refractivity contribution in [2.45, 2.75) is 31.8 Å². The van der Waals surface area contributed by atoms with Crippen LogP contribution in [0.5, 0.6) is 11.5 Å². The molecule has 0 bridgehead atoms. The average molecular weight is 444 g/mol. The third-order valence-corrected chi connectivity index (χ3v) is 6.25. The fourth-order valence-electron chi connectivity index (χ4n) is 4.15. The van der Waals surface area contributed by atoms with Gasteiger partial charge in [0.15, 0.2) is 0 Å². The van der Waals surface area contributed by atoms with Crippen molar-refractivity contribution in [3.8, 4) is 11.5 Å². The summed E-state index contributed by atoms with van der Waals surface area (Å²) in [5, 5.41) is 31.6. The fraction of sp³-hybridized carbons (Fsp3) is 0.304. The summed E-state index contributed by atoms with van der Waals surface area (Å²) in [5.74, 6) is -0.708. The molecule has 7 nitrogen and oxygen atoms in total. The molecule has 3 N–H and O–H groups in total. The highest BCUT2D eigenvalue weighted by Crippen LogP contribution is 2.35. The molecule has 4 rings (SSSR count). The van der Waals surface area contributed by atoms with Crippen molar-refractivity contribution >= 4 is 28.5 Å². The summed E-state index contributed by atoms with van der Waals surface area (Å²) in [7, 11) is 0. The third-order valence-electron chi connectivity index (χ3n) is 6.00. The summed E-state index contributed by atoms with van der Waals surface area (Å²) in [6, 6.07) is 9.43. The minimum atomic E-state index is -1.03. The maximum absolute atomic E-state index is 12.9. The molecule has 1 amide bonds. The summed E-state index contributed by atoms with van der Waals surface area (Å²) >= 11 is 5.92. The monoisotopic (exact) mass is 443 g/mol. The van der Waals surface area contributed by atoms with Crippen LogP contribution >= 0.6 is 11.6 Å². The van der Waals surface area contributed by atoms with E-state index in [1.807, 2.05) is 0 Å². The molecule has 0 spiro atoms. The summed E-state index contributed by atoms with van der Waals surface area (Å²) in [6.07, 6.45) is 0.557. The molecule has 0 radical (unpaired) electrons. The van der Waals surface area contributed by atoms with Gasteiger partial charge < -0.3 is 24.6 Å². The van der Waals surface area contributed by atoms with E-state index in [1.165, 1.54) is 6.07 Å². The number of fused-ring (bicyclic) bond motifs is 1. The van der Waals surface area contributed by atoms with E-state index >= 15 is 0 Å². The second-order valence-corrected chi connectivity index (χ2v) is 8.36. The number of hydrogen-bond acceptors (Lipinski definition) is 6. The van der Waals surface area contributed by atoms with Gasteiger partial charge in [-0.2, -0.15) is 0 Å². The molecule has 0 aliphatic carbocycles. The molecule has 2 heterocycles. The summed E-state index contributed by atoms with van der Waals surface area (Å²) < 4.78 is 5.23. The van der Waals surface area contributed by atoms with Crippen molar-refractivity contribution in [2.24, 2.45) is 0 Å². The highest BCUT2D eigenvalue weighted by Gasteiger charge is 2.35. The van der Waals surface area contributed by atoms with E-state index in [4.69, 9.17) is 16.0 Å². The Morgan fingerprint density at radius 2 is 1.81 bits per heavy atom. The molecular formula is C23H22ClNO6. The zero-order valence-electron chi connectivity index (χ0n) is 16.9. The maximum atomic E-state index is 12.9. The third kappa shape index (κ3) is 3.98. The van der Waals surface area contributed by atoms with E-state index in [9.17, 15) is 24.9 Å². The van der Waals surface area contributed by atoms with Crippen LogP contribution in [-0.4, -0.2) is 39.2 Å². The quantitative estimate of drug-likeness (QED) is 0.536. The lowest BCUT2D eigenvalue weighted by atomic mass is 9.84. The molecule has 3 aromatic rings. The minimum absolute atomic E-state index is 0.0576. The second kappa shape index (κ2) is 7.90. The van der Waals surface area contributed by atoms with Crippen LogP contribution in [0.3, 0.4) is 0 Å². The molecule has 1 aliphatic heterocycles. The lowest BCUT2D eigenvalue weighted by Crippen LogP contribution is -2.46. The lowest BCUT2D eigenvalue weighted by molar-refractivity contribution is -0.135. The SMILES string of the molecule is Cc1c(CC(=O)N2CCC(O)(c3ccc(Cl)cc3)CC2)c(=O)oc2cc(O)cc(O)c12. The molecule has 0 atom stereocenters. The Morgan fingerprint density at radius 1 is 1.16 bits per heavy atom. The van der Waals surface area contributed by atoms with Crippen molar-refractivity contribution < 1.29 is 24.5 Å². The molecule has 31 heavy (non-hydrogen) atoms. The van der Waals surface area contributed by atoms with E-state index < -0.39 is 11.2 Å². The number of carbonyl (C=O) groups is 1. The zero-order valence-corrected chi connectivity index (χ0v) is 17.6. The Hall–Kier alpha value is -3.03. The summed E-state index contributed by atoms with van der Waals surface area (Å²) in [6.45, 7) is 2.32. The first kappa shape index (κ1) is 21.2. The van der Waals surface area contributed by atoms with Gasteiger partial charge >= 0.3 is 5.63 Å². The van der Waals surface area contributed by atoms with Crippen molar-refractivity contribution in [2.75, 3.05) is 13.1 Å². The average Bonchev–Trinajstić information content (AvgIpc) is 2.71. The normalized spacial score (nSPS) is 15.9. The van der Waals surface area contributed by atoms with Crippen LogP contribution in [0.2, 0.25) is 5.02 Å². The van der Waals surface area contributed by atoms with E-state index in [0.717, 1.165) is 11.6 Å². The molecule has 1 saturated heterocycles. The Balaban J connectivity index is 1.52. The number of phenolic OH excluding ortho intramolecular Hbond substituents is 2. The predicted octanol–water partition coefficient (Wildman–Crippen LogP) is 3.22. The highest BCUT2D eigenvalue weighted by molar-refractivity contribution is 6.30. The van der Waals surface area contributed by atoms with Gasteiger partial charge in [0.25, 0.3) is 0 Å². The largest absolute Gasteiger partial charge is 0.508 e. The van der Waals surface area contributed by atoms with E-state index in [0.29, 0.717) is 36.5 Å². The summed E-state index contributed by atoms with van der Waals surface area (Å²) in [5.41, 5.74) is -0.301. The molecule has 2 aromatic carbocycles. The predicted molar refractivity (Wildman–Crippen MR) is 115 cm³/mol. The standard InChI is InChI=1S/C23H22ClNO6/c1-13-17(22(29)31-19-11-16(26)10-18(27)21(13)19)12-20(28)25-8-6-23(30,7-9-25)14-2-4-15(24)5-3-14/h2-5,10-11,26-27,30H,6-9,12H2,1H3. The number of aliphatic hydroxyl groups is 1. The van der Waals surface area contributed by atoms with Crippen molar-refractivity contribution in [1.29, 1.82) is 0 Å². The first-order valence-electron chi connectivity index (χ1n) is 9.92. The van der Waals surface area contributed by atoms with Crippen molar-refractivity contribution in [3.63, 3.8) is 0 Å². The number of rotatable bonds is 3. The van der Waals surface area contributed by atoms with Crippen molar-refractivity contribution in [1.82, 2.24) is 4.90 Å². The van der Waals surface area contributed by atoms with Crippen LogP contribution < -0.4 is 5.63 Å². The molecule has 1 fully saturated rings. The van der Waals surface area contributed by atoms with Crippen LogP contribution in [0.4, 0.5) is 0 Å². The Morgan fingerprint density at radius 3 is 2.45 bits per heavy atom. The fourth-order valence-corrected chi connectivity index (χ4v) is 4.28. The van der Waals surface area contributed by atoms with Gasteiger partial charge in [0.1, 0.15) is 17.1 Å². The van der Waals surface area contributed by atoms with Crippen LogP contribution in [0.25, 0.3) is 11.0 Å². The van der Waals surface area contributed by atoms with Gasteiger partial charge in [0.2, 0.25) is 5.91 Å². The number of aryl methyl sites for hydroxylation is 1. The van der Waals surface area contributed by atoms with Gasteiger partial charge in [-0.3, -0.25) is 4.79 Å². The first-order chi connectivity index (χ1) is 14.7. The molecule has 8 heteroatoms. The minimum Gasteiger partial charge on any atom is -0.508 e. The van der Waals surface area contributed by atoms with E-state index in [2.05, 4.69) is 0 Å². The number of phenols is 2. The molecule has 162 valence electrons. The molecule has 1 aliphatic rings. The number of aromatic hydroxyl groups is 2. The number of nitrogens with zero attached hydrogens (tertiary/aromatic N) is 1. The molecular weight excluding hydrogens is 422 g/mol. The number of amides is 1. The van der Waals surface area contributed by atoms with Crippen LogP contribution in [-0.2, 0) is 16.8 Å². The van der Waals surface area contributed by atoms with Gasteiger partial charge in [0.05, 0.1) is 23.0 Å². The molecule has 0 saturated carbocycles. The lowest BCUT2D eigenvalue weighted by Gasteiger charge is -2.38. The van der Waals surface area contributed by atoms with E-state index in [1.54, 1.807) is 36.1 Å². The van der Waals surface area contributed by atoms with Crippen molar-refractivity contribution in [3.05, 3.63) is 68.5 Å². The number of piperidine rings is 1. The van der Waals surface area contributed by atoms with E-state index in [-0.39, 0.29) is 40.4 Å². The Kier molecular flexibility index (Phi) is 5.41. The smallest absolute Gasteiger partial charge is 0.340 e. The van der Waals surface area contributed by atoms with Crippen LogP contribution in [0.15, 0.2) is 45.6 Å².